The van der Waals surface area contributed by atoms with Crippen molar-refractivity contribution in [2.45, 2.75) is 6.61 Å². The second-order valence-corrected chi connectivity index (χ2v) is 5.81. The van der Waals surface area contributed by atoms with Crippen LogP contribution in [0.4, 0.5) is 0 Å². The summed E-state index contributed by atoms with van der Waals surface area (Å²) in [5.74, 6) is 0.124. The standard InChI is InChI=1S/C20H19ClN2O3/c1-25-10-9-23-20(24)17(13-22)12-16-6-2-3-8-19(16)26-14-15-5-4-7-18(21)11-15/h2-8,11-12H,9-10,14H2,1H3,(H,23,24)/b17-12+. The van der Waals surface area contributed by atoms with Gasteiger partial charge in [0.25, 0.3) is 5.91 Å². The van der Waals surface area contributed by atoms with Gasteiger partial charge >= 0.3 is 0 Å². The molecule has 0 radical (unpaired) electrons. The zero-order valence-corrected chi connectivity index (χ0v) is 15.1. The van der Waals surface area contributed by atoms with Crippen molar-refractivity contribution in [2.75, 3.05) is 20.3 Å². The molecule has 0 spiro atoms. The molecule has 0 atom stereocenters. The number of nitrogens with zero attached hydrogens (tertiary/aromatic N) is 1. The molecule has 0 fully saturated rings. The van der Waals surface area contributed by atoms with Crippen molar-refractivity contribution >= 4 is 23.6 Å². The first-order valence-corrected chi connectivity index (χ1v) is 8.37. The minimum Gasteiger partial charge on any atom is -0.488 e. The van der Waals surface area contributed by atoms with Gasteiger partial charge in [0.2, 0.25) is 0 Å². The average Bonchev–Trinajstić information content (AvgIpc) is 2.65. The number of halogens is 1. The van der Waals surface area contributed by atoms with Crippen molar-refractivity contribution in [2.24, 2.45) is 0 Å². The van der Waals surface area contributed by atoms with Gasteiger partial charge in [0.1, 0.15) is 24.0 Å². The third-order valence-corrected chi connectivity index (χ3v) is 3.69. The zero-order chi connectivity index (χ0) is 18.8. The molecule has 1 amide bonds. The SMILES string of the molecule is COCCNC(=O)/C(C#N)=C/c1ccccc1OCc1cccc(Cl)c1. The number of carbonyl (C=O) groups excluding carboxylic acids is 1. The molecule has 0 saturated carbocycles. The Morgan fingerprint density at radius 3 is 2.81 bits per heavy atom. The van der Waals surface area contributed by atoms with E-state index in [2.05, 4.69) is 5.32 Å². The highest BCUT2D eigenvalue weighted by Crippen LogP contribution is 2.22. The summed E-state index contributed by atoms with van der Waals surface area (Å²) < 4.78 is 10.7. The Labute approximate surface area is 157 Å². The number of rotatable bonds is 8. The lowest BCUT2D eigenvalue weighted by Crippen LogP contribution is -2.27. The summed E-state index contributed by atoms with van der Waals surface area (Å²) in [5, 5.41) is 12.5. The fourth-order valence-corrected chi connectivity index (χ4v) is 2.40. The first-order valence-electron chi connectivity index (χ1n) is 7.99. The maximum absolute atomic E-state index is 12.1. The molecule has 2 aromatic carbocycles. The average molecular weight is 371 g/mol. The minimum atomic E-state index is -0.450. The van der Waals surface area contributed by atoms with E-state index in [4.69, 9.17) is 21.1 Å². The van der Waals surface area contributed by atoms with Crippen LogP contribution < -0.4 is 10.1 Å². The van der Waals surface area contributed by atoms with E-state index in [1.54, 1.807) is 25.3 Å². The maximum Gasteiger partial charge on any atom is 0.262 e. The van der Waals surface area contributed by atoms with Gasteiger partial charge in [-0.2, -0.15) is 5.26 Å². The summed E-state index contributed by atoms with van der Waals surface area (Å²) in [4.78, 5) is 12.1. The number of methoxy groups -OCH3 is 1. The number of benzene rings is 2. The molecule has 134 valence electrons. The summed E-state index contributed by atoms with van der Waals surface area (Å²) in [5.41, 5.74) is 1.57. The van der Waals surface area contributed by atoms with Crippen LogP contribution in [0.2, 0.25) is 5.02 Å². The van der Waals surface area contributed by atoms with Crippen LogP contribution in [-0.4, -0.2) is 26.2 Å². The van der Waals surface area contributed by atoms with E-state index in [1.165, 1.54) is 6.08 Å². The molecule has 0 aliphatic rings. The number of nitrogens with one attached hydrogen (secondary N) is 1. The van der Waals surface area contributed by atoms with Crippen molar-refractivity contribution in [1.29, 1.82) is 5.26 Å². The Balaban J connectivity index is 2.14. The van der Waals surface area contributed by atoms with Crippen molar-refractivity contribution < 1.29 is 14.3 Å². The van der Waals surface area contributed by atoms with Crippen LogP contribution in [0.1, 0.15) is 11.1 Å². The van der Waals surface area contributed by atoms with Crippen LogP contribution in [0, 0.1) is 11.3 Å². The highest BCUT2D eigenvalue weighted by Gasteiger charge is 2.10. The Bertz CT molecular complexity index is 828. The number of nitriles is 1. The topological polar surface area (TPSA) is 71.3 Å². The molecule has 2 aromatic rings. The van der Waals surface area contributed by atoms with Gasteiger partial charge in [-0.1, -0.05) is 41.9 Å². The number of amides is 1. The number of hydrogen-bond donors (Lipinski definition) is 1. The van der Waals surface area contributed by atoms with Gasteiger partial charge < -0.3 is 14.8 Å². The number of ether oxygens (including phenoxy) is 2. The van der Waals surface area contributed by atoms with Gasteiger partial charge in [0, 0.05) is 24.2 Å². The summed E-state index contributed by atoms with van der Waals surface area (Å²) in [6.45, 7) is 1.04. The van der Waals surface area contributed by atoms with Crippen LogP contribution in [-0.2, 0) is 16.1 Å². The van der Waals surface area contributed by atoms with E-state index >= 15 is 0 Å². The van der Waals surface area contributed by atoms with Crippen LogP contribution in [0.3, 0.4) is 0 Å². The van der Waals surface area contributed by atoms with Crippen LogP contribution in [0.5, 0.6) is 5.75 Å². The minimum absolute atomic E-state index is 0.0000846. The fourth-order valence-electron chi connectivity index (χ4n) is 2.19. The van der Waals surface area contributed by atoms with Gasteiger partial charge in [0.15, 0.2) is 0 Å². The summed E-state index contributed by atoms with van der Waals surface area (Å²) in [6, 6.07) is 16.5. The fraction of sp³-hybridized carbons (Fsp3) is 0.200. The summed E-state index contributed by atoms with van der Waals surface area (Å²) >= 11 is 5.98. The Kier molecular flexibility index (Phi) is 7.69. The Hall–Kier alpha value is -2.81. The Morgan fingerprint density at radius 2 is 2.08 bits per heavy atom. The van der Waals surface area contributed by atoms with E-state index in [-0.39, 0.29) is 5.57 Å². The van der Waals surface area contributed by atoms with E-state index in [0.29, 0.717) is 36.1 Å². The molecule has 26 heavy (non-hydrogen) atoms. The molecule has 1 N–H and O–H groups in total. The predicted molar refractivity (Wildman–Crippen MR) is 101 cm³/mol. The first kappa shape index (κ1) is 19.5. The molecular formula is C20H19ClN2O3. The quantitative estimate of drug-likeness (QED) is 0.438. The summed E-state index contributed by atoms with van der Waals surface area (Å²) in [6.07, 6.45) is 1.51. The van der Waals surface area contributed by atoms with Gasteiger partial charge in [-0.3, -0.25) is 4.79 Å². The van der Waals surface area contributed by atoms with E-state index in [9.17, 15) is 10.1 Å². The summed E-state index contributed by atoms with van der Waals surface area (Å²) in [7, 11) is 1.54. The molecule has 0 aliphatic heterocycles. The lowest BCUT2D eigenvalue weighted by Gasteiger charge is -2.10. The molecule has 6 heteroatoms. The first-order chi connectivity index (χ1) is 12.6. The Morgan fingerprint density at radius 1 is 1.27 bits per heavy atom. The van der Waals surface area contributed by atoms with E-state index < -0.39 is 5.91 Å². The molecule has 0 unspecified atom stereocenters. The number of carbonyl (C=O) groups is 1. The smallest absolute Gasteiger partial charge is 0.262 e. The second-order valence-electron chi connectivity index (χ2n) is 5.37. The van der Waals surface area contributed by atoms with E-state index in [1.807, 2.05) is 36.4 Å². The van der Waals surface area contributed by atoms with Crippen LogP contribution in [0.25, 0.3) is 6.08 Å². The lowest BCUT2D eigenvalue weighted by molar-refractivity contribution is -0.117. The van der Waals surface area contributed by atoms with Crippen molar-refractivity contribution in [3.63, 3.8) is 0 Å². The van der Waals surface area contributed by atoms with Crippen molar-refractivity contribution in [3.8, 4) is 11.8 Å². The molecule has 0 aliphatic carbocycles. The van der Waals surface area contributed by atoms with Gasteiger partial charge in [-0.15, -0.1) is 0 Å². The molecule has 2 rings (SSSR count). The molecule has 0 saturated heterocycles. The largest absolute Gasteiger partial charge is 0.488 e. The second kappa shape index (κ2) is 10.2. The van der Waals surface area contributed by atoms with Gasteiger partial charge in [0.05, 0.1) is 6.61 Å². The normalized spacial score (nSPS) is 10.9. The molecule has 0 bridgehead atoms. The lowest BCUT2D eigenvalue weighted by atomic mass is 10.1. The number of hydrogen-bond acceptors (Lipinski definition) is 4. The van der Waals surface area contributed by atoms with Gasteiger partial charge in [-0.25, -0.2) is 0 Å². The molecule has 0 aromatic heterocycles. The van der Waals surface area contributed by atoms with Gasteiger partial charge in [-0.05, 0) is 29.8 Å². The van der Waals surface area contributed by atoms with Crippen LogP contribution in [0.15, 0.2) is 54.1 Å². The van der Waals surface area contributed by atoms with E-state index in [0.717, 1.165) is 5.56 Å². The number of para-hydroxylation sites is 1. The monoisotopic (exact) mass is 370 g/mol. The zero-order valence-electron chi connectivity index (χ0n) is 14.4. The molecule has 5 nitrogen and oxygen atoms in total. The molecule has 0 heterocycles. The third kappa shape index (κ3) is 5.92. The predicted octanol–water partition coefficient (Wildman–Crippen LogP) is 3.59. The van der Waals surface area contributed by atoms with Crippen molar-refractivity contribution in [1.82, 2.24) is 5.32 Å². The highest BCUT2D eigenvalue weighted by atomic mass is 35.5. The molecular weight excluding hydrogens is 352 g/mol. The maximum atomic E-state index is 12.1. The highest BCUT2D eigenvalue weighted by molar-refractivity contribution is 6.30. The van der Waals surface area contributed by atoms with Crippen LogP contribution >= 0.6 is 11.6 Å². The third-order valence-electron chi connectivity index (χ3n) is 3.46. The van der Waals surface area contributed by atoms with Crippen molar-refractivity contribution in [3.05, 3.63) is 70.3 Å².